The number of hydrogen-bond donors (Lipinski definition) is 0. The third-order valence-corrected chi connectivity index (χ3v) is 3.74. The number of nitrogens with zero attached hydrogens (tertiary/aromatic N) is 2. The Hall–Kier alpha value is -0.770. The molecule has 0 atom stereocenters. The average Bonchev–Trinajstić information content (AvgIpc) is 2.35. The van der Waals surface area contributed by atoms with E-state index in [0.29, 0.717) is 6.04 Å². The highest BCUT2D eigenvalue weighted by Gasteiger charge is 2.26. The van der Waals surface area contributed by atoms with Crippen LogP contribution in [0.25, 0.3) is 0 Å². The molecule has 1 aliphatic heterocycles. The van der Waals surface area contributed by atoms with Crippen molar-refractivity contribution in [1.29, 1.82) is 0 Å². The molecule has 0 saturated carbocycles. The largest absolute Gasteiger partial charge is 0.447 e. The summed E-state index contributed by atoms with van der Waals surface area (Å²) >= 11 is 0. The van der Waals surface area contributed by atoms with Gasteiger partial charge >= 0.3 is 6.09 Å². The minimum absolute atomic E-state index is 0.0288. The molecule has 4 heteroatoms. The smallest absolute Gasteiger partial charge is 0.410 e. The molecular formula is C15H30N2O2. The Bertz CT molecular complexity index is 271. The molecule has 1 fully saturated rings. The molecule has 0 aromatic rings. The van der Waals surface area contributed by atoms with Crippen LogP contribution in [0.3, 0.4) is 0 Å². The molecule has 0 spiro atoms. The first kappa shape index (κ1) is 16.3. The van der Waals surface area contributed by atoms with Crippen LogP contribution in [-0.2, 0) is 4.74 Å². The van der Waals surface area contributed by atoms with Gasteiger partial charge in [-0.05, 0) is 52.6 Å². The van der Waals surface area contributed by atoms with E-state index >= 15 is 0 Å². The first-order valence-electron chi connectivity index (χ1n) is 7.56. The van der Waals surface area contributed by atoms with E-state index in [1.165, 1.54) is 6.42 Å². The molecule has 0 aromatic heterocycles. The molecule has 4 nitrogen and oxygen atoms in total. The first-order valence-corrected chi connectivity index (χ1v) is 7.56. The summed E-state index contributed by atoms with van der Waals surface area (Å²) < 4.78 is 5.24. The van der Waals surface area contributed by atoms with Gasteiger partial charge in [-0.2, -0.15) is 0 Å². The number of hydrogen-bond acceptors (Lipinski definition) is 3. The molecule has 1 rings (SSSR count). The summed E-state index contributed by atoms with van der Waals surface area (Å²) in [4.78, 5) is 16.1. The van der Waals surface area contributed by atoms with Crippen molar-refractivity contribution in [2.45, 2.75) is 59.1 Å². The van der Waals surface area contributed by atoms with Gasteiger partial charge in [-0.3, -0.25) is 0 Å². The topological polar surface area (TPSA) is 32.8 Å². The number of rotatable bonds is 5. The second kappa shape index (κ2) is 7.73. The number of carbonyl (C=O) groups excluding carboxylic acids is 1. The van der Waals surface area contributed by atoms with Crippen molar-refractivity contribution < 1.29 is 9.53 Å². The molecule has 0 aliphatic carbocycles. The van der Waals surface area contributed by atoms with Crippen LogP contribution in [0, 0.1) is 5.92 Å². The predicted octanol–water partition coefficient (Wildman–Crippen LogP) is 2.97. The Kier molecular flexibility index (Phi) is 6.63. The van der Waals surface area contributed by atoms with Gasteiger partial charge in [-0.1, -0.05) is 13.8 Å². The van der Waals surface area contributed by atoms with Gasteiger partial charge in [0.2, 0.25) is 0 Å². The van der Waals surface area contributed by atoms with Crippen LogP contribution in [0.5, 0.6) is 0 Å². The lowest BCUT2D eigenvalue weighted by molar-refractivity contribution is 0.0581. The third-order valence-electron chi connectivity index (χ3n) is 3.74. The molecule has 19 heavy (non-hydrogen) atoms. The Labute approximate surface area is 118 Å². The van der Waals surface area contributed by atoms with E-state index in [4.69, 9.17) is 4.74 Å². The van der Waals surface area contributed by atoms with Crippen LogP contribution in [0.1, 0.15) is 47.0 Å². The Morgan fingerprint density at radius 3 is 2.32 bits per heavy atom. The van der Waals surface area contributed by atoms with E-state index in [-0.39, 0.29) is 12.2 Å². The van der Waals surface area contributed by atoms with Gasteiger partial charge in [0.1, 0.15) is 0 Å². The normalized spacial score (nSPS) is 17.6. The fourth-order valence-electron chi connectivity index (χ4n) is 2.41. The maximum atomic E-state index is 11.8. The maximum absolute atomic E-state index is 11.8. The van der Waals surface area contributed by atoms with E-state index in [0.717, 1.165) is 38.4 Å². The van der Waals surface area contributed by atoms with Gasteiger partial charge in [0, 0.05) is 19.1 Å². The SMILES string of the molecule is CC(C)CCN(C)C1CCN(C(=O)OC(C)C)CC1. The lowest BCUT2D eigenvalue weighted by Crippen LogP contribution is -2.46. The highest BCUT2D eigenvalue weighted by Crippen LogP contribution is 2.17. The standard InChI is InChI=1S/C15H30N2O2/c1-12(2)6-9-16(5)14-7-10-17(11-8-14)15(18)19-13(3)4/h12-14H,6-11H2,1-5H3. The van der Waals surface area contributed by atoms with Crippen LogP contribution in [0.15, 0.2) is 0 Å². The number of carbonyl (C=O) groups is 1. The number of piperidine rings is 1. The van der Waals surface area contributed by atoms with Crippen molar-refractivity contribution >= 4 is 6.09 Å². The molecule has 1 saturated heterocycles. The van der Waals surface area contributed by atoms with E-state index in [2.05, 4.69) is 25.8 Å². The van der Waals surface area contributed by atoms with E-state index in [1.807, 2.05) is 18.7 Å². The molecule has 0 N–H and O–H groups in total. The van der Waals surface area contributed by atoms with Crippen LogP contribution in [-0.4, -0.2) is 54.7 Å². The highest BCUT2D eigenvalue weighted by molar-refractivity contribution is 5.67. The number of likely N-dealkylation sites (tertiary alicyclic amines) is 1. The fraction of sp³-hybridized carbons (Fsp3) is 0.933. The molecule has 112 valence electrons. The monoisotopic (exact) mass is 270 g/mol. The zero-order valence-electron chi connectivity index (χ0n) is 13.2. The quantitative estimate of drug-likeness (QED) is 0.770. The van der Waals surface area contributed by atoms with Crippen LogP contribution in [0.2, 0.25) is 0 Å². The summed E-state index contributed by atoms with van der Waals surface area (Å²) in [5.74, 6) is 0.753. The van der Waals surface area contributed by atoms with Crippen molar-refractivity contribution in [2.75, 3.05) is 26.7 Å². The van der Waals surface area contributed by atoms with Crippen molar-refractivity contribution in [3.8, 4) is 0 Å². The van der Waals surface area contributed by atoms with Crippen molar-refractivity contribution in [3.05, 3.63) is 0 Å². The minimum Gasteiger partial charge on any atom is -0.447 e. The van der Waals surface area contributed by atoms with E-state index < -0.39 is 0 Å². The molecule has 0 bridgehead atoms. The lowest BCUT2D eigenvalue weighted by atomic mass is 10.0. The Balaban J connectivity index is 2.30. The summed E-state index contributed by atoms with van der Waals surface area (Å²) in [7, 11) is 2.20. The molecule has 0 aromatic carbocycles. The third kappa shape index (κ3) is 5.81. The number of amides is 1. The molecule has 0 unspecified atom stereocenters. The second-order valence-electron chi connectivity index (χ2n) is 6.31. The summed E-state index contributed by atoms with van der Waals surface area (Å²) in [5, 5.41) is 0. The summed E-state index contributed by atoms with van der Waals surface area (Å²) in [6, 6.07) is 0.613. The molecular weight excluding hydrogens is 240 g/mol. The summed E-state index contributed by atoms with van der Waals surface area (Å²) in [6.07, 6.45) is 3.17. The number of ether oxygens (including phenoxy) is 1. The first-order chi connectivity index (χ1) is 8.90. The van der Waals surface area contributed by atoms with Crippen molar-refractivity contribution in [1.82, 2.24) is 9.80 Å². The van der Waals surface area contributed by atoms with Gasteiger partial charge in [0.15, 0.2) is 0 Å². The molecule has 1 amide bonds. The van der Waals surface area contributed by atoms with Gasteiger partial charge in [0.05, 0.1) is 6.10 Å². The Morgan fingerprint density at radius 2 is 1.84 bits per heavy atom. The molecule has 0 radical (unpaired) electrons. The molecule has 1 heterocycles. The van der Waals surface area contributed by atoms with Gasteiger partial charge in [-0.15, -0.1) is 0 Å². The fourth-order valence-corrected chi connectivity index (χ4v) is 2.41. The van der Waals surface area contributed by atoms with Gasteiger partial charge < -0.3 is 14.5 Å². The lowest BCUT2D eigenvalue weighted by Gasteiger charge is -2.36. The summed E-state index contributed by atoms with van der Waals surface area (Å²) in [5.41, 5.74) is 0. The van der Waals surface area contributed by atoms with Gasteiger partial charge in [0.25, 0.3) is 0 Å². The Morgan fingerprint density at radius 1 is 1.26 bits per heavy atom. The molecule has 1 aliphatic rings. The van der Waals surface area contributed by atoms with Crippen molar-refractivity contribution in [2.24, 2.45) is 5.92 Å². The average molecular weight is 270 g/mol. The zero-order valence-corrected chi connectivity index (χ0v) is 13.2. The summed E-state index contributed by atoms with van der Waals surface area (Å²) in [6.45, 7) is 11.1. The van der Waals surface area contributed by atoms with Crippen LogP contribution in [0.4, 0.5) is 4.79 Å². The van der Waals surface area contributed by atoms with E-state index in [1.54, 1.807) is 0 Å². The van der Waals surface area contributed by atoms with Gasteiger partial charge in [-0.25, -0.2) is 4.79 Å². The van der Waals surface area contributed by atoms with Crippen LogP contribution >= 0.6 is 0 Å². The van der Waals surface area contributed by atoms with E-state index in [9.17, 15) is 4.79 Å². The zero-order chi connectivity index (χ0) is 14.4. The highest BCUT2D eigenvalue weighted by atomic mass is 16.6. The maximum Gasteiger partial charge on any atom is 0.410 e. The van der Waals surface area contributed by atoms with Crippen LogP contribution < -0.4 is 0 Å². The second-order valence-corrected chi connectivity index (χ2v) is 6.31. The van der Waals surface area contributed by atoms with Crippen molar-refractivity contribution in [3.63, 3.8) is 0 Å². The minimum atomic E-state index is -0.154. The predicted molar refractivity (Wildman–Crippen MR) is 78.3 cm³/mol.